The molecule has 1 saturated heterocycles. The molecule has 0 spiro atoms. The number of piperazine rings is 1. The monoisotopic (exact) mass is 416 g/mol. The minimum atomic E-state index is 0.377. The molecule has 0 radical (unpaired) electrons. The molecule has 2 aromatic rings. The standard InChI is InChI=1S/C24H33ClN2O2/c1-17-7-8-21(25)16-22(17)27-12-10-26(11-13-27)9-5-6-14-29-23-15-18(2)24(28)20(4)19(23)3/h7-8,15-16,28H,5-6,9-14H2,1-4H3. The average molecular weight is 417 g/mol. The van der Waals surface area contributed by atoms with Gasteiger partial charge in [-0.15, -0.1) is 0 Å². The molecule has 2 aromatic carbocycles. The third kappa shape index (κ3) is 5.37. The lowest BCUT2D eigenvalue weighted by Crippen LogP contribution is -2.46. The van der Waals surface area contributed by atoms with E-state index in [1.54, 1.807) is 0 Å². The van der Waals surface area contributed by atoms with Gasteiger partial charge in [-0.05, 0) is 87.5 Å². The number of benzene rings is 2. The number of aryl methyl sites for hydroxylation is 2. The topological polar surface area (TPSA) is 35.9 Å². The fourth-order valence-corrected chi connectivity index (χ4v) is 4.10. The maximum atomic E-state index is 10.0. The summed E-state index contributed by atoms with van der Waals surface area (Å²) in [5.41, 5.74) is 5.36. The number of nitrogens with zero attached hydrogens (tertiary/aromatic N) is 2. The van der Waals surface area contributed by atoms with Gasteiger partial charge in [-0.2, -0.15) is 0 Å². The lowest BCUT2D eigenvalue weighted by Gasteiger charge is -2.37. The van der Waals surface area contributed by atoms with E-state index < -0.39 is 0 Å². The lowest BCUT2D eigenvalue weighted by molar-refractivity contribution is 0.238. The third-order valence-electron chi connectivity index (χ3n) is 6.02. The number of phenols is 1. The molecule has 3 rings (SSSR count). The molecular formula is C24H33ClN2O2. The number of rotatable bonds is 7. The van der Waals surface area contributed by atoms with Crippen molar-refractivity contribution >= 4 is 17.3 Å². The minimum Gasteiger partial charge on any atom is -0.507 e. The zero-order valence-corrected chi connectivity index (χ0v) is 18.9. The van der Waals surface area contributed by atoms with Crippen LogP contribution in [-0.4, -0.2) is 49.3 Å². The highest BCUT2D eigenvalue weighted by molar-refractivity contribution is 6.30. The van der Waals surface area contributed by atoms with Gasteiger partial charge in [0.05, 0.1) is 6.61 Å². The van der Waals surface area contributed by atoms with Crippen LogP contribution in [0.2, 0.25) is 5.02 Å². The van der Waals surface area contributed by atoms with Crippen LogP contribution in [0.25, 0.3) is 0 Å². The molecule has 0 aliphatic carbocycles. The number of hydrogen-bond donors (Lipinski definition) is 1. The fraction of sp³-hybridized carbons (Fsp3) is 0.500. The first-order valence-corrected chi connectivity index (χ1v) is 10.9. The summed E-state index contributed by atoms with van der Waals surface area (Å²) in [6.45, 7) is 14.1. The Morgan fingerprint density at radius 3 is 2.38 bits per heavy atom. The Balaban J connectivity index is 1.39. The van der Waals surface area contributed by atoms with Gasteiger partial charge in [0, 0.05) is 36.9 Å². The smallest absolute Gasteiger partial charge is 0.122 e. The first-order chi connectivity index (χ1) is 13.9. The van der Waals surface area contributed by atoms with Crippen LogP contribution in [-0.2, 0) is 0 Å². The van der Waals surface area contributed by atoms with Crippen LogP contribution in [0.5, 0.6) is 11.5 Å². The van der Waals surface area contributed by atoms with E-state index in [9.17, 15) is 5.11 Å². The summed E-state index contributed by atoms with van der Waals surface area (Å²) in [6, 6.07) is 8.08. The molecule has 1 heterocycles. The number of anilines is 1. The first kappa shape index (κ1) is 21.8. The number of ether oxygens (including phenoxy) is 1. The Bertz CT molecular complexity index is 845. The lowest BCUT2D eigenvalue weighted by atomic mass is 10.0. The largest absolute Gasteiger partial charge is 0.507 e. The van der Waals surface area contributed by atoms with Gasteiger partial charge in [0.15, 0.2) is 0 Å². The van der Waals surface area contributed by atoms with Crippen molar-refractivity contribution in [2.24, 2.45) is 0 Å². The van der Waals surface area contributed by atoms with Gasteiger partial charge in [-0.3, -0.25) is 4.90 Å². The molecule has 1 N–H and O–H groups in total. The molecule has 0 bridgehead atoms. The van der Waals surface area contributed by atoms with Crippen LogP contribution in [0.4, 0.5) is 5.69 Å². The van der Waals surface area contributed by atoms with Gasteiger partial charge >= 0.3 is 0 Å². The first-order valence-electron chi connectivity index (χ1n) is 10.5. The molecule has 158 valence electrons. The minimum absolute atomic E-state index is 0.377. The molecule has 0 atom stereocenters. The maximum Gasteiger partial charge on any atom is 0.122 e. The summed E-state index contributed by atoms with van der Waals surface area (Å²) in [5, 5.41) is 10.8. The molecule has 29 heavy (non-hydrogen) atoms. The second kappa shape index (κ2) is 9.73. The highest BCUT2D eigenvalue weighted by atomic mass is 35.5. The van der Waals surface area contributed by atoms with Crippen molar-refractivity contribution in [3.63, 3.8) is 0 Å². The quantitative estimate of drug-likeness (QED) is 0.624. The Morgan fingerprint density at radius 1 is 0.931 bits per heavy atom. The zero-order chi connectivity index (χ0) is 21.0. The van der Waals surface area contributed by atoms with Crippen LogP contribution in [0.15, 0.2) is 24.3 Å². The second-order valence-electron chi connectivity index (χ2n) is 8.11. The molecular weight excluding hydrogens is 384 g/mol. The highest BCUT2D eigenvalue weighted by Crippen LogP contribution is 2.32. The maximum absolute atomic E-state index is 10.0. The Kier molecular flexibility index (Phi) is 7.31. The van der Waals surface area contributed by atoms with Crippen molar-refractivity contribution in [2.45, 2.75) is 40.5 Å². The summed E-state index contributed by atoms with van der Waals surface area (Å²) in [5.74, 6) is 1.27. The summed E-state index contributed by atoms with van der Waals surface area (Å²) in [7, 11) is 0. The van der Waals surface area contributed by atoms with Crippen LogP contribution >= 0.6 is 11.6 Å². The number of hydrogen-bond acceptors (Lipinski definition) is 4. The van der Waals surface area contributed by atoms with E-state index in [0.29, 0.717) is 12.4 Å². The molecule has 1 aliphatic heterocycles. The van der Waals surface area contributed by atoms with Crippen LogP contribution in [0, 0.1) is 27.7 Å². The molecule has 0 amide bonds. The van der Waals surface area contributed by atoms with Gasteiger partial charge < -0.3 is 14.7 Å². The van der Waals surface area contributed by atoms with Gasteiger partial charge in [0.25, 0.3) is 0 Å². The molecule has 0 unspecified atom stereocenters. The van der Waals surface area contributed by atoms with E-state index >= 15 is 0 Å². The Hall–Kier alpha value is -1.91. The van der Waals surface area contributed by atoms with Crippen molar-refractivity contribution in [3.8, 4) is 11.5 Å². The third-order valence-corrected chi connectivity index (χ3v) is 6.25. The normalized spacial score (nSPS) is 15.0. The van der Waals surface area contributed by atoms with E-state index in [4.69, 9.17) is 16.3 Å². The van der Waals surface area contributed by atoms with Crippen molar-refractivity contribution < 1.29 is 9.84 Å². The van der Waals surface area contributed by atoms with Crippen molar-refractivity contribution in [1.82, 2.24) is 4.90 Å². The Labute approximate surface area is 180 Å². The fourth-order valence-electron chi connectivity index (χ4n) is 3.94. The van der Waals surface area contributed by atoms with Crippen LogP contribution in [0.1, 0.15) is 35.1 Å². The number of halogens is 1. The summed E-state index contributed by atoms with van der Waals surface area (Å²) in [4.78, 5) is 4.98. The van der Waals surface area contributed by atoms with E-state index in [2.05, 4.69) is 28.9 Å². The number of phenolic OH excluding ortho intramolecular Hbond substituents is 1. The van der Waals surface area contributed by atoms with Gasteiger partial charge in [0.2, 0.25) is 0 Å². The van der Waals surface area contributed by atoms with Gasteiger partial charge in [-0.25, -0.2) is 0 Å². The van der Waals surface area contributed by atoms with Gasteiger partial charge in [0.1, 0.15) is 11.5 Å². The summed E-state index contributed by atoms with van der Waals surface area (Å²) < 4.78 is 5.99. The summed E-state index contributed by atoms with van der Waals surface area (Å²) in [6.07, 6.45) is 2.16. The number of unbranched alkanes of at least 4 members (excludes halogenated alkanes) is 1. The predicted octanol–water partition coefficient (Wildman–Crippen LogP) is 5.26. The SMILES string of the molecule is Cc1ccc(Cl)cc1N1CCN(CCCCOc2cc(C)c(O)c(C)c2C)CC1. The van der Waals surface area contributed by atoms with Crippen molar-refractivity contribution in [1.29, 1.82) is 0 Å². The van der Waals surface area contributed by atoms with E-state index in [1.807, 2.05) is 32.9 Å². The highest BCUT2D eigenvalue weighted by Gasteiger charge is 2.18. The van der Waals surface area contributed by atoms with E-state index in [1.165, 1.54) is 11.3 Å². The zero-order valence-electron chi connectivity index (χ0n) is 18.1. The molecule has 4 nitrogen and oxygen atoms in total. The van der Waals surface area contributed by atoms with E-state index in [0.717, 1.165) is 73.0 Å². The average Bonchev–Trinajstić information content (AvgIpc) is 2.72. The predicted molar refractivity (Wildman–Crippen MR) is 122 cm³/mol. The molecule has 0 saturated carbocycles. The second-order valence-corrected chi connectivity index (χ2v) is 8.54. The molecule has 5 heteroatoms. The van der Waals surface area contributed by atoms with Crippen LogP contribution in [0.3, 0.4) is 0 Å². The number of aromatic hydroxyl groups is 1. The molecule has 1 fully saturated rings. The van der Waals surface area contributed by atoms with Crippen molar-refractivity contribution in [3.05, 3.63) is 51.5 Å². The van der Waals surface area contributed by atoms with Crippen LogP contribution < -0.4 is 9.64 Å². The van der Waals surface area contributed by atoms with E-state index in [-0.39, 0.29) is 0 Å². The molecule has 1 aliphatic rings. The Morgan fingerprint density at radius 2 is 1.66 bits per heavy atom. The molecule has 0 aromatic heterocycles. The summed E-state index contributed by atoms with van der Waals surface area (Å²) >= 11 is 6.18. The van der Waals surface area contributed by atoms with Crippen molar-refractivity contribution in [2.75, 3.05) is 44.2 Å². The van der Waals surface area contributed by atoms with Gasteiger partial charge in [-0.1, -0.05) is 17.7 Å².